The van der Waals surface area contributed by atoms with Gasteiger partial charge in [-0.25, -0.2) is 0 Å². The molecule has 1 nitrogen and oxygen atoms in total. The van der Waals surface area contributed by atoms with Crippen LogP contribution < -0.4 is 0 Å². The molecule has 0 fully saturated rings. The predicted molar refractivity (Wildman–Crippen MR) is 50.8 cm³/mol. The zero-order valence-electron chi connectivity index (χ0n) is 6.60. The van der Waals surface area contributed by atoms with Gasteiger partial charge in [0.05, 0.1) is 0 Å². The Hall–Kier alpha value is -0.530. The molecule has 0 aliphatic carbocycles. The predicted octanol–water partition coefficient (Wildman–Crippen LogP) is 3.12. The fourth-order valence-electron chi connectivity index (χ4n) is 0.933. The second-order valence-corrected chi connectivity index (χ2v) is 3.46. The number of rotatable bonds is 2. The summed E-state index contributed by atoms with van der Waals surface area (Å²) in [5.74, 6) is 0.0965. The molecule has 0 heterocycles. The van der Waals surface area contributed by atoms with Gasteiger partial charge in [-0.1, -0.05) is 29.3 Å². The molecule has 0 aliphatic rings. The van der Waals surface area contributed by atoms with Gasteiger partial charge in [-0.05, 0) is 24.6 Å². The molecule has 0 spiro atoms. The Morgan fingerprint density at radius 3 is 2.58 bits per heavy atom. The molecule has 0 aliphatic heterocycles. The molecule has 0 unspecified atom stereocenters. The number of Topliss-reactive ketones (excluding diaryl/α,β-unsaturated/α-hetero) is 1. The summed E-state index contributed by atoms with van der Waals surface area (Å²) in [5, 5.41) is 1.14. The fraction of sp³-hybridized carbons (Fsp3) is 0.222. The molecule has 0 atom stereocenters. The average molecular weight is 203 g/mol. The van der Waals surface area contributed by atoms with Crippen molar-refractivity contribution < 1.29 is 4.79 Å². The Labute approximate surface area is 81.3 Å². The largest absolute Gasteiger partial charge is 0.300 e. The Bertz CT molecular complexity index is 307. The highest BCUT2D eigenvalue weighted by Crippen LogP contribution is 2.21. The molecule has 1 aromatic rings. The Balaban J connectivity index is 2.93. The maximum Gasteiger partial charge on any atom is 0.134 e. The van der Waals surface area contributed by atoms with E-state index >= 15 is 0 Å². The summed E-state index contributed by atoms with van der Waals surface area (Å²) in [6.07, 6.45) is 0.371. The topological polar surface area (TPSA) is 17.1 Å². The third-order valence-corrected chi connectivity index (χ3v) is 2.04. The first-order valence-corrected chi connectivity index (χ1v) is 4.28. The molecule has 0 N–H and O–H groups in total. The molecule has 3 heteroatoms. The standard InChI is InChI=1S/C9H8Cl2O/c1-6(12)4-7-2-3-8(10)5-9(7)11/h2-3,5H,4H2,1H3. The van der Waals surface area contributed by atoms with Crippen molar-refractivity contribution >= 4 is 29.0 Å². The molecule has 1 aromatic carbocycles. The van der Waals surface area contributed by atoms with E-state index in [1.165, 1.54) is 6.92 Å². The van der Waals surface area contributed by atoms with Crippen LogP contribution in [0.25, 0.3) is 0 Å². The van der Waals surface area contributed by atoms with E-state index in [0.29, 0.717) is 16.5 Å². The Kier molecular flexibility index (Phi) is 3.12. The molecule has 0 bridgehead atoms. The van der Waals surface area contributed by atoms with Crippen LogP contribution >= 0.6 is 23.2 Å². The molecule has 64 valence electrons. The van der Waals surface area contributed by atoms with Crippen LogP contribution in [-0.4, -0.2) is 5.78 Å². The van der Waals surface area contributed by atoms with Gasteiger partial charge < -0.3 is 0 Å². The van der Waals surface area contributed by atoms with Crippen LogP contribution in [0.3, 0.4) is 0 Å². The smallest absolute Gasteiger partial charge is 0.134 e. The van der Waals surface area contributed by atoms with Gasteiger partial charge in [0.1, 0.15) is 5.78 Å². The van der Waals surface area contributed by atoms with Crippen molar-refractivity contribution in [2.24, 2.45) is 0 Å². The lowest BCUT2D eigenvalue weighted by molar-refractivity contribution is -0.116. The number of carbonyl (C=O) groups excluding carboxylic acids is 1. The number of halogens is 2. The molecule has 0 saturated carbocycles. The van der Waals surface area contributed by atoms with Crippen molar-refractivity contribution in [3.05, 3.63) is 33.8 Å². The summed E-state index contributed by atoms with van der Waals surface area (Å²) in [7, 11) is 0. The first-order chi connectivity index (χ1) is 5.59. The van der Waals surface area contributed by atoms with Gasteiger partial charge in [-0.2, -0.15) is 0 Å². The molecule has 0 amide bonds. The summed E-state index contributed by atoms with van der Waals surface area (Å²) in [6, 6.07) is 5.14. The van der Waals surface area contributed by atoms with Crippen LogP contribution in [0.2, 0.25) is 10.0 Å². The lowest BCUT2D eigenvalue weighted by Gasteiger charge is -2.00. The normalized spacial score (nSPS) is 9.92. The molecule has 0 radical (unpaired) electrons. The van der Waals surface area contributed by atoms with Crippen LogP contribution in [-0.2, 0) is 11.2 Å². The first kappa shape index (κ1) is 9.56. The lowest BCUT2D eigenvalue weighted by atomic mass is 10.1. The minimum atomic E-state index is 0.0965. The van der Waals surface area contributed by atoms with Crippen LogP contribution in [0.1, 0.15) is 12.5 Å². The number of benzene rings is 1. The molecule has 1 rings (SSSR count). The summed E-state index contributed by atoms with van der Waals surface area (Å²) in [4.78, 5) is 10.8. The van der Waals surface area contributed by atoms with Crippen molar-refractivity contribution in [3.8, 4) is 0 Å². The SMILES string of the molecule is CC(=O)Cc1ccc(Cl)cc1Cl. The molecular weight excluding hydrogens is 195 g/mol. The molecule has 0 aromatic heterocycles. The van der Waals surface area contributed by atoms with E-state index in [2.05, 4.69) is 0 Å². The maximum absolute atomic E-state index is 10.8. The van der Waals surface area contributed by atoms with Crippen LogP contribution in [0.15, 0.2) is 18.2 Å². The van der Waals surface area contributed by atoms with Crippen molar-refractivity contribution in [1.82, 2.24) is 0 Å². The second kappa shape index (κ2) is 3.92. The summed E-state index contributed by atoms with van der Waals surface area (Å²) in [6.45, 7) is 1.53. The average Bonchev–Trinajstić information content (AvgIpc) is 1.94. The van der Waals surface area contributed by atoms with Crippen LogP contribution in [0.5, 0.6) is 0 Å². The highest BCUT2D eigenvalue weighted by molar-refractivity contribution is 6.35. The monoisotopic (exact) mass is 202 g/mol. The Morgan fingerprint density at radius 1 is 1.42 bits per heavy atom. The van der Waals surface area contributed by atoms with Gasteiger partial charge in [-0.3, -0.25) is 4.79 Å². The molecule has 0 saturated heterocycles. The lowest BCUT2D eigenvalue weighted by Crippen LogP contribution is -1.96. The third-order valence-electron chi connectivity index (χ3n) is 1.45. The van der Waals surface area contributed by atoms with E-state index in [1.807, 2.05) is 0 Å². The number of hydrogen-bond acceptors (Lipinski definition) is 1. The number of ketones is 1. The van der Waals surface area contributed by atoms with Crippen LogP contribution in [0, 0.1) is 0 Å². The van der Waals surface area contributed by atoms with Gasteiger partial charge in [-0.15, -0.1) is 0 Å². The van der Waals surface area contributed by atoms with Gasteiger partial charge >= 0.3 is 0 Å². The molecular formula is C9H8Cl2O. The van der Waals surface area contributed by atoms with Crippen molar-refractivity contribution in [2.45, 2.75) is 13.3 Å². The van der Waals surface area contributed by atoms with E-state index in [1.54, 1.807) is 18.2 Å². The maximum atomic E-state index is 10.8. The zero-order valence-corrected chi connectivity index (χ0v) is 8.12. The fourth-order valence-corrected chi connectivity index (χ4v) is 1.41. The minimum absolute atomic E-state index is 0.0965. The second-order valence-electron chi connectivity index (χ2n) is 2.61. The zero-order chi connectivity index (χ0) is 9.14. The summed E-state index contributed by atoms with van der Waals surface area (Å²) in [5.41, 5.74) is 0.827. The minimum Gasteiger partial charge on any atom is -0.300 e. The summed E-state index contributed by atoms with van der Waals surface area (Å²) >= 11 is 11.5. The number of carbonyl (C=O) groups is 1. The van der Waals surface area contributed by atoms with Gasteiger partial charge in [0.25, 0.3) is 0 Å². The van der Waals surface area contributed by atoms with E-state index in [9.17, 15) is 4.79 Å². The van der Waals surface area contributed by atoms with Gasteiger partial charge in [0, 0.05) is 16.5 Å². The third kappa shape index (κ3) is 2.50. The molecule has 12 heavy (non-hydrogen) atoms. The first-order valence-electron chi connectivity index (χ1n) is 3.53. The number of hydrogen-bond donors (Lipinski definition) is 0. The van der Waals surface area contributed by atoms with Crippen molar-refractivity contribution in [1.29, 1.82) is 0 Å². The van der Waals surface area contributed by atoms with Crippen molar-refractivity contribution in [3.63, 3.8) is 0 Å². The highest BCUT2D eigenvalue weighted by Gasteiger charge is 2.02. The van der Waals surface area contributed by atoms with Gasteiger partial charge in [0.2, 0.25) is 0 Å². The van der Waals surface area contributed by atoms with E-state index < -0.39 is 0 Å². The highest BCUT2D eigenvalue weighted by atomic mass is 35.5. The van der Waals surface area contributed by atoms with E-state index in [4.69, 9.17) is 23.2 Å². The summed E-state index contributed by atoms with van der Waals surface area (Å²) < 4.78 is 0. The van der Waals surface area contributed by atoms with Crippen LogP contribution in [0.4, 0.5) is 0 Å². The quantitative estimate of drug-likeness (QED) is 0.721. The Morgan fingerprint density at radius 2 is 2.08 bits per heavy atom. The van der Waals surface area contributed by atoms with E-state index in [0.717, 1.165) is 5.56 Å². The van der Waals surface area contributed by atoms with Gasteiger partial charge in [0.15, 0.2) is 0 Å². The van der Waals surface area contributed by atoms with Crippen molar-refractivity contribution in [2.75, 3.05) is 0 Å². The van der Waals surface area contributed by atoms with E-state index in [-0.39, 0.29) is 5.78 Å².